The van der Waals surface area contributed by atoms with Gasteiger partial charge in [-0.2, -0.15) is 9.97 Å². The first-order valence-electron chi connectivity index (χ1n) is 8.57. The van der Waals surface area contributed by atoms with E-state index in [4.69, 9.17) is 14.2 Å². The third-order valence-corrected chi connectivity index (χ3v) is 4.98. The molecule has 0 amide bonds. The number of aromatic nitrogens is 6. The molecule has 10 heteroatoms. The van der Waals surface area contributed by atoms with Gasteiger partial charge in [-0.25, -0.2) is 19.9 Å². The van der Waals surface area contributed by atoms with E-state index in [0.717, 1.165) is 5.56 Å². The molecular weight excluding hydrogens is 359 g/mol. The van der Waals surface area contributed by atoms with Gasteiger partial charge in [0, 0.05) is 5.56 Å². The molecule has 0 atom stereocenters. The molecule has 3 aliphatic rings. The summed E-state index contributed by atoms with van der Waals surface area (Å²) in [6, 6.07) is 9.64. The lowest BCUT2D eigenvalue weighted by atomic mass is 9.35. The highest BCUT2D eigenvalue weighted by molar-refractivity contribution is 6.99. The first-order valence-corrected chi connectivity index (χ1v) is 8.57. The third kappa shape index (κ3) is 1.67. The van der Waals surface area contributed by atoms with E-state index in [9.17, 15) is 0 Å². The Morgan fingerprint density at radius 2 is 1.04 bits per heavy atom. The van der Waals surface area contributed by atoms with Gasteiger partial charge in [0.2, 0.25) is 35.3 Å². The molecule has 0 fully saturated rings. The van der Waals surface area contributed by atoms with Crippen molar-refractivity contribution in [3.05, 3.63) is 43.0 Å². The van der Waals surface area contributed by atoms with Gasteiger partial charge in [0.15, 0.2) is 5.82 Å². The van der Waals surface area contributed by atoms with E-state index in [-0.39, 0.29) is 6.71 Å². The van der Waals surface area contributed by atoms with E-state index in [1.54, 1.807) is 0 Å². The zero-order valence-corrected chi connectivity index (χ0v) is 14.0. The van der Waals surface area contributed by atoms with Crippen molar-refractivity contribution in [3.63, 3.8) is 0 Å². The summed E-state index contributed by atoms with van der Waals surface area (Å²) in [5, 5.41) is 0. The Hall–Kier alpha value is -4.08. The van der Waals surface area contributed by atoms with Crippen LogP contribution < -0.4 is 30.6 Å². The van der Waals surface area contributed by atoms with Crippen LogP contribution in [0.15, 0.2) is 43.0 Å². The minimum absolute atomic E-state index is 0.302. The zero-order chi connectivity index (χ0) is 18.2. The van der Waals surface area contributed by atoms with Crippen LogP contribution in [0.4, 0.5) is 0 Å². The van der Waals surface area contributed by atoms with E-state index in [0.29, 0.717) is 57.5 Å². The van der Waals surface area contributed by atoms with E-state index in [1.807, 2.05) is 30.3 Å². The Morgan fingerprint density at radius 1 is 0.571 bits per heavy atom. The quantitative estimate of drug-likeness (QED) is 0.385. The van der Waals surface area contributed by atoms with Crippen LogP contribution in [-0.4, -0.2) is 36.6 Å². The second-order valence-electron chi connectivity index (χ2n) is 6.47. The number of ether oxygens (including phenoxy) is 3. The fraction of sp³-hybridized carbons (Fsp3) is 0. The highest BCUT2D eigenvalue weighted by atomic mass is 16.5. The summed E-state index contributed by atoms with van der Waals surface area (Å²) >= 11 is 0. The van der Waals surface area contributed by atoms with Crippen LogP contribution in [0.1, 0.15) is 0 Å². The Bertz CT molecular complexity index is 1240. The minimum atomic E-state index is -0.302. The number of nitrogens with zero attached hydrogens (tertiary/aromatic N) is 6. The highest BCUT2D eigenvalue weighted by Crippen LogP contribution is 2.37. The number of hydrogen-bond donors (Lipinski definition) is 0. The molecule has 3 aromatic heterocycles. The van der Waals surface area contributed by atoms with Crippen molar-refractivity contribution in [1.29, 1.82) is 0 Å². The molecular formula is C18H7BN6O3. The molecule has 9 nitrogen and oxygen atoms in total. The van der Waals surface area contributed by atoms with Gasteiger partial charge in [-0.05, 0) is 0 Å². The Balaban J connectivity index is 1.56. The second-order valence-corrected chi connectivity index (χ2v) is 6.47. The lowest BCUT2D eigenvalue weighted by Crippen LogP contribution is -2.61. The molecule has 0 aliphatic carbocycles. The number of hydrogen-bond acceptors (Lipinski definition) is 9. The van der Waals surface area contributed by atoms with Crippen LogP contribution in [-0.2, 0) is 0 Å². The minimum Gasteiger partial charge on any atom is -0.421 e. The molecule has 0 bridgehead atoms. The SMILES string of the molecule is c1ccc(-c2nc3c4c(n2)Oc2ncnc5c2B4c2c(ncnc2O3)O5)cc1. The summed E-state index contributed by atoms with van der Waals surface area (Å²) in [7, 11) is 0. The Labute approximate surface area is 157 Å². The van der Waals surface area contributed by atoms with Crippen LogP contribution in [0.25, 0.3) is 11.4 Å². The van der Waals surface area contributed by atoms with Gasteiger partial charge in [0.05, 0.1) is 16.4 Å². The zero-order valence-electron chi connectivity index (χ0n) is 14.0. The summed E-state index contributed by atoms with van der Waals surface area (Å²) in [5.74, 6) is 2.89. The van der Waals surface area contributed by atoms with Crippen LogP contribution >= 0.6 is 0 Å². The van der Waals surface area contributed by atoms with Gasteiger partial charge in [0.1, 0.15) is 12.7 Å². The molecule has 6 heterocycles. The van der Waals surface area contributed by atoms with Gasteiger partial charge in [-0.1, -0.05) is 30.3 Å². The molecule has 4 aromatic rings. The topological polar surface area (TPSA) is 105 Å². The summed E-state index contributed by atoms with van der Waals surface area (Å²) in [5.41, 5.74) is 2.97. The normalized spacial score (nSPS) is 13.8. The largest absolute Gasteiger partial charge is 0.421 e. The van der Waals surface area contributed by atoms with Crippen molar-refractivity contribution in [3.8, 4) is 46.7 Å². The van der Waals surface area contributed by atoms with Crippen molar-refractivity contribution in [2.45, 2.75) is 0 Å². The van der Waals surface area contributed by atoms with Crippen LogP contribution in [0.5, 0.6) is 35.3 Å². The maximum Gasteiger partial charge on any atom is 0.283 e. The molecule has 0 N–H and O–H groups in total. The van der Waals surface area contributed by atoms with Gasteiger partial charge >= 0.3 is 0 Å². The molecule has 3 aliphatic heterocycles. The third-order valence-electron chi connectivity index (χ3n) is 4.98. The van der Waals surface area contributed by atoms with Crippen molar-refractivity contribution in [2.75, 3.05) is 0 Å². The first-order chi connectivity index (χ1) is 13.9. The molecule has 0 unspecified atom stereocenters. The van der Waals surface area contributed by atoms with Gasteiger partial charge in [-0.15, -0.1) is 0 Å². The van der Waals surface area contributed by atoms with Crippen LogP contribution in [0, 0.1) is 0 Å². The fourth-order valence-corrected chi connectivity index (χ4v) is 3.80. The number of rotatable bonds is 1. The standard InChI is InChI=1S/C18H7BN6O3/c1-2-4-8(5-3-1)12-24-17-11-18(25-12)28-16-10-14(21-7-23-16)26-13-9(19(10)11)15(27-17)22-6-20-13/h1-7H. The summed E-state index contributed by atoms with van der Waals surface area (Å²) in [4.78, 5) is 26.3. The average Bonchev–Trinajstić information content (AvgIpc) is 2.74. The van der Waals surface area contributed by atoms with Crippen molar-refractivity contribution in [1.82, 2.24) is 29.9 Å². The predicted molar refractivity (Wildman–Crippen MR) is 96.4 cm³/mol. The molecule has 28 heavy (non-hydrogen) atoms. The molecule has 130 valence electrons. The van der Waals surface area contributed by atoms with Crippen molar-refractivity contribution < 1.29 is 14.2 Å². The maximum atomic E-state index is 6.01. The first kappa shape index (κ1) is 14.0. The van der Waals surface area contributed by atoms with Crippen LogP contribution in [0.2, 0.25) is 0 Å². The van der Waals surface area contributed by atoms with E-state index in [1.165, 1.54) is 12.7 Å². The fourth-order valence-electron chi connectivity index (χ4n) is 3.80. The lowest BCUT2D eigenvalue weighted by molar-refractivity contribution is 0.396. The van der Waals surface area contributed by atoms with Gasteiger partial charge < -0.3 is 14.2 Å². The lowest BCUT2D eigenvalue weighted by Gasteiger charge is -2.33. The molecule has 1 aromatic carbocycles. The van der Waals surface area contributed by atoms with Gasteiger partial charge in [0.25, 0.3) is 6.71 Å². The Morgan fingerprint density at radius 3 is 1.57 bits per heavy atom. The predicted octanol–water partition coefficient (Wildman–Crippen LogP) is 0.557. The van der Waals surface area contributed by atoms with E-state index in [2.05, 4.69) is 29.9 Å². The summed E-state index contributed by atoms with van der Waals surface area (Å²) in [6.45, 7) is -0.302. The second kappa shape index (κ2) is 4.80. The molecule has 0 saturated carbocycles. The van der Waals surface area contributed by atoms with Gasteiger partial charge in [-0.3, -0.25) is 0 Å². The molecule has 0 spiro atoms. The monoisotopic (exact) mass is 366 g/mol. The Kier molecular flexibility index (Phi) is 2.41. The molecule has 7 rings (SSSR count). The van der Waals surface area contributed by atoms with Crippen molar-refractivity contribution >= 4 is 23.1 Å². The smallest absolute Gasteiger partial charge is 0.283 e. The van der Waals surface area contributed by atoms with E-state index < -0.39 is 0 Å². The molecule has 0 saturated heterocycles. The van der Waals surface area contributed by atoms with E-state index >= 15 is 0 Å². The van der Waals surface area contributed by atoms with Crippen molar-refractivity contribution in [2.24, 2.45) is 0 Å². The van der Waals surface area contributed by atoms with Crippen LogP contribution in [0.3, 0.4) is 0 Å². The summed E-state index contributed by atoms with van der Waals surface area (Å²) < 4.78 is 17.9. The number of benzene rings is 1. The summed E-state index contributed by atoms with van der Waals surface area (Å²) in [6.07, 6.45) is 2.79. The average molecular weight is 366 g/mol. The maximum absolute atomic E-state index is 6.01. The highest BCUT2D eigenvalue weighted by Gasteiger charge is 2.50. The molecule has 0 radical (unpaired) electrons.